The average molecular weight is 343 g/mol. The van der Waals surface area contributed by atoms with Crippen LogP contribution in [0.2, 0.25) is 0 Å². The summed E-state index contributed by atoms with van der Waals surface area (Å²) < 4.78 is 10.6. The van der Waals surface area contributed by atoms with Crippen LogP contribution in [0, 0.1) is 6.92 Å². The van der Waals surface area contributed by atoms with Crippen molar-refractivity contribution >= 4 is 11.6 Å². The van der Waals surface area contributed by atoms with Crippen molar-refractivity contribution in [3.63, 3.8) is 0 Å². The van der Waals surface area contributed by atoms with Gasteiger partial charge in [-0.05, 0) is 25.8 Å². The first-order valence-electron chi connectivity index (χ1n) is 8.53. The van der Waals surface area contributed by atoms with Gasteiger partial charge in [0.2, 0.25) is 0 Å². The molecule has 0 radical (unpaired) electrons. The molecule has 0 saturated carbocycles. The van der Waals surface area contributed by atoms with E-state index >= 15 is 0 Å². The summed E-state index contributed by atoms with van der Waals surface area (Å²) in [6, 6.07) is 7.78. The van der Waals surface area contributed by atoms with E-state index in [9.17, 15) is 4.79 Å². The number of nitrogens with one attached hydrogen (secondary N) is 2. The molecule has 2 heterocycles. The van der Waals surface area contributed by atoms with E-state index in [1.807, 2.05) is 42.3 Å². The Bertz CT molecular complexity index is 719. The number of H-pyrrole nitrogens is 1. The summed E-state index contributed by atoms with van der Waals surface area (Å²) in [5.74, 6) is 1.58. The number of ether oxygens (including phenoxy) is 2. The second kappa shape index (κ2) is 7.51. The summed E-state index contributed by atoms with van der Waals surface area (Å²) in [6.07, 6.45) is 3.81. The Morgan fingerprint density at radius 2 is 1.96 bits per heavy atom. The first kappa shape index (κ1) is 17.2. The maximum absolute atomic E-state index is 12.7. The summed E-state index contributed by atoms with van der Waals surface area (Å²) in [4.78, 5) is 17.7. The maximum Gasteiger partial charge on any atom is 0.255 e. The van der Waals surface area contributed by atoms with E-state index in [2.05, 4.69) is 10.3 Å². The molecule has 0 aliphatic carbocycles. The SMILES string of the molecule is COc1cc(N[C@@H]2CCCN(C(=O)c3cc[nH]c3C)C2)cc(OC)c1. The second-order valence-corrected chi connectivity index (χ2v) is 6.35. The zero-order chi connectivity index (χ0) is 17.8. The molecular formula is C19H25N3O3. The number of rotatable bonds is 5. The summed E-state index contributed by atoms with van der Waals surface area (Å²) >= 11 is 0. The molecule has 1 aliphatic heterocycles. The van der Waals surface area contributed by atoms with E-state index in [4.69, 9.17) is 9.47 Å². The lowest BCUT2D eigenvalue weighted by atomic mass is 10.0. The van der Waals surface area contributed by atoms with Crippen molar-refractivity contribution in [3.05, 3.63) is 41.7 Å². The van der Waals surface area contributed by atoms with Gasteiger partial charge < -0.3 is 24.7 Å². The third-order valence-electron chi connectivity index (χ3n) is 4.62. The average Bonchev–Trinajstić information content (AvgIpc) is 3.06. The molecule has 1 aromatic carbocycles. The number of aromatic amines is 1. The number of likely N-dealkylation sites (tertiary alicyclic amines) is 1. The van der Waals surface area contributed by atoms with E-state index in [1.54, 1.807) is 14.2 Å². The van der Waals surface area contributed by atoms with Crippen molar-refractivity contribution in [1.82, 2.24) is 9.88 Å². The molecule has 6 nitrogen and oxygen atoms in total. The van der Waals surface area contributed by atoms with Crippen LogP contribution in [0.4, 0.5) is 5.69 Å². The number of carbonyl (C=O) groups excluding carboxylic acids is 1. The van der Waals surface area contributed by atoms with Crippen molar-refractivity contribution in [3.8, 4) is 11.5 Å². The van der Waals surface area contributed by atoms with Gasteiger partial charge in [0.1, 0.15) is 11.5 Å². The fourth-order valence-corrected chi connectivity index (χ4v) is 3.26. The molecular weight excluding hydrogens is 318 g/mol. The van der Waals surface area contributed by atoms with E-state index in [0.29, 0.717) is 6.54 Å². The zero-order valence-electron chi connectivity index (χ0n) is 15.0. The molecule has 1 aromatic heterocycles. The van der Waals surface area contributed by atoms with Gasteiger partial charge in [-0.15, -0.1) is 0 Å². The molecule has 0 unspecified atom stereocenters. The smallest absolute Gasteiger partial charge is 0.255 e. The molecule has 3 rings (SSSR count). The number of carbonyl (C=O) groups is 1. The van der Waals surface area contributed by atoms with Crippen LogP contribution in [-0.2, 0) is 0 Å². The van der Waals surface area contributed by atoms with E-state index in [1.165, 1.54) is 0 Å². The largest absolute Gasteiger partial charge is 0.497 e. The number of hydrogen-bond donors (Lipinski definition) is 2. The number of methoxy groups -OCH3 is 2. The summed E-state index contributed by atoms with van der Waals surface area (Å²) in [7, 11) is 3.28. The summed E-state index contributed by atoms with van der Waals surface area (Å²) in [5, 5.41) is 3.51. The number of benzene rings is 1. The van der Waals surface area contributed by atoms with Gasteiger partial charge in [-0.2, -0.15) is 0 Å². The first-order valence-corrected chi connectivity index (χ1v) is 8.53. The van der Waals surface area contributed by atoms with Crippen LogP contribution in [0.1, 0.15) is 28.9 Å². The predicted molar refractivity (Wildman–Crippen MR) is 97.6 cm³/mol. The number of anilines is 1. The van der Waals surface area contributed by atoms with Gasteiger partial charge in [0, 0.05) is 54.9 Å². The maximum atomic E-state index is 12.7. The highest BCUT2D eigenvalue weighted by Gasteiger charge is 2.25. The van der Waals surface area contributed by atoms with Crippen LogP contribution in [0.3, 0.4) is 0 Å². The molecule has 1 saturated heterocycles. The Balaban J connectivity index is 1.70. The van der Waals surface area contributed by atoms with Crippen molar-refractivity contribution in [2.24, 2.45) is 0 Å². The number of piperidine rings is 1. The van der Waals surface area contributed by atoms with Crippen LogP contribution < -0.4 is 14.8 Å². The van der Waals surface area contributed by atoms with E-state index in [-0.39, 0.29) is 11.9 Å². The highest BCUT2D eigenvalue weighted by atomic mass is 16.5. The lowest BCUT2D eigenvalue weighted by Crippen LogP contribution is -2.45. The Hall–Kier alpha value is -2.63. The normalized spacial score (nSPS) is 17.2. The lowest BCUT2D eigenvalue weighted by molar-refractivity contribution is 0.0714. The van der Waals surface area contributed by atoms with Gasteiger partial charge in [0.25, 0.3) is 5.91 Å². The molecule has 0 spiro atoms. The van der Waals surface area contributed by atoms with Crippen molar-refractivity contribution < 1.29 is 14.3 Å². The van der Waals surface area contributed by atoms with Crippen LogP contribution in [-0.4, -0.2) is 49.1 Å². The third-order valence-corrected chi connectivity index (χ3v) is 4.62. The molecule has 25 heavy (non-hydrogen) atoms. The van der Waals surface area contributed by atoms with Crippen LogP contribution >= 0.6 is 0 Å². The zero-order valence-corrected chi connectivity index (χ0v) is 15.0. The number of aromatic nitrogens is 1. The number of nitrogens with zero attached hydrogens (tertiary/aromatic N) is 1. The molecule has 1 fully saturated rings. The summed E-state index contributed by atoms with van der Waals surface area (Å²) in [6.45, 7) is 3.40. The van der Waals surface area contributed by atoms with E-state index < -0.39 is 0 Å². The minimum absolute atomic E-state index is 0.0912. The highest BCUT2D eigenvalue weighted by Crippen LogP contribution is 2.27. The van der Waals surface area contributed by atoms with Gasteiger partial charge in [0.15, 0.2) is 0 Å². The minimum Gasteiger partial charge on any atom is -0.497 e. The first-order chi connectivity index (χ1) is 12.1. The molecule has 2 aromatic rings. The van der Waals surface area contributed by atoms with Gasteiger partial charge in [-0.1, -0.05) is 0 Å². The third kappa shape index (κ3) is 3.90. The number of hydrogen-bond acceptors (Lipinski definition) is 4. The molecule has 1 aliphatic rings. The Kier molecular flexibility index (Phi) is 5.16. The van der Waals surface area contributed by atoms with E-state index in [0.717, 1.165) is 47.8 Å². The predicted octanol–water partition coefficient (Wildman–Crippen LogP) is 3.06. The van der Waals surface area contributed by atoms with Crippen molar-refractivity contribution in [2.45, 2.75) is 25.8 Å². The Morgan fingerprint density at radius 1 is 1.24 bits per heavy atom. The van der Waals surface area contributed by atoms with Gasteiger partial charge in [-0.25, -0.2) is 0 Å². The van der Waals surface area contributed by atoms with Gasteiger partial charge in [0.05, 0.1) is 19.8 Å². The van der Waals surface area contributed by atoms with Crippen LogP contribution in [0.25, 0.3) is 0 Å². The number of amides is 1. The molecule has 134 valence electrons. The second-order valence-electron chi connectivity index (χ2n) is 6.35. The van der Waals surface area contributed by atoms with Gasteiger partial charge >= 0.3 is 0 Å². The Morgan fingerprint density at radius 3 is 2.56 bits per heavy atom. The molecule has 0 bridgehead atoms. The fourth-order valence-electron chi connectivity index (χ4n) is 3.26. The fraction of sp³-hybridized carbons (Fsp3) is 0.421. The van der Waals surface area contributed by atoms with Crippen molar-refractivity contribution in [2.75, 3.05) is 32.6 Å². The molecule has 2 N–H and O–H groups in total. The number of aryl methyl sites for hydroxylation is 1. The van der Waals surface area contributed by atoms with Crippen molar-refractivity contribution in [1.29, 1.82) is 0 Å². The lowest BCUT2D eigenvalue weighted by Gasteiger charge is -2.34. The highest BCUT2D eigenvalue weighted by molar-refractivity contribution is 5.95. The quantitative estimate of drug-likeness (QED) is 0.876. The van der Waals surface area contributed by atoms with Crippen LogP contribution in [0.15, 0.2) is 30.5 Å². The summed E-state index contributed by atoms with van der Waals surface area (Å²) in [5.41, 5.74) is 2.61. The molecule has 1 atom stereocenters. The molecule has 6 heteroatoms. The standard InChI is InChI=1S/C19H25N3O3/c1-13-18(6-7-20-13)19(23)22-8-4-5-14(12-22)21-15-9-16(24-2)11-17(10-15)25-3/h6-7,9-11,14,20-21H,4-5,8,12H2,1-3H3/t14-/m1/s1. The molecule has 1 amide bonds. The topological polar surface area (TPSA) is 66.6 Å². The Labute approximate surface area is 148 Å². The van der Waals surface area contributed by atoms with Crippen LogP contribution in [0.5, 0.6) is 11.5 Å². The van der Waals surface area contributed by atoms with Gasteiger partial charge in [-0.3, -0.25) is 4.79 Å². The minimum atomic E-state index is 0.0912. The monoisotopic (exact) mass is 343 g/mol.